The highest BCUT2D eigenvalue weighted by Gasteiger charge is 2.43. The lowest BCUT2D eigenvalue weighted by atomic mass is 9.95. The number of nitrogens with zero attached hydrogens (tertiary/aromatic N) is 1. The summed E-state index contributed by atoms with van der Waals surface area (Å²) in [5.41, 5.74) is 0.546. The van der Waals surface area contributed by atoms with Gasteiger partial charge in [0.25, 0.3) is 0 Å². The molecular weight excluding hydrogens is 200 g/mol. The Hall–Kier alpha value is -0.120. The number of rotatable bonds is 4. The lowest BCUT2D eigenvalue weighted by Crippen LogP contribution is -2.50. The summed E-state index contributed by atoms with van der Waals surface area (Å²) in [6, 6.07) is 0.601. The largest absolute Gasteiger partial charge is 0.383 e. The van der Waals surface area contributed by atoms with E-state index < -0.39 is 0 Å². The number of ether oxygens (including phenoxy) is 1. The lowest BCUT2D eigenvalue weighted by molar-refractivity contribution is 0.0674. The molecule has 16 heavy (non-hydrogen) atoms. The molecule has 1 aliphatic heterocycles. The zero-order chi connectivity index (χ0) is 12.4. The predicted molar refractivity (Wildman–Crippen MR) is 68.8 cm³/mol. The Kier molecular flexibility index (Phi) is 4.38. The summed E-state index contributed by atoms with van der Waals surface area (Å²) in [4.78, 5) is 2.60. The third-order valence-electron chi connectivity index (χ3n) is 3.43. The Bertz CT molecular complexity index is 220. The normalized spacial score (nSPS) is 26.2. The van der Waals surface area contributed by atoms with Crippen LogP contribution in [0.5, 0.6) is 0 Å². The molecule has 0 aromatic rings. The van der Waals surface area contributed by atoms with Crippen molar-refractivity contribution in [2.24, 2.45) is 0 Å². The highest BCUT2D eigenvalue weighted by atomic mass is 16.5. The second kappa shape index (κ2) is 5.03. The fraction of sp³-hybridized carbons (Fsp3) is 1.00. The van der Waals surface area contributed by atoms with E-state index in [1.54, 1.807) is 7.11 Å². The maximum absolute atomic E-state index is 5.07. The second-order valence-electron chi connectivity index (χ2n) is 6.44. The number of hydrogen-bond acceptors (Lipinski definition) is 3. The molecule has 0 spiro atoms. The molecule has 3 heteroatoms. The van der Waals surface area contributed by atoms with Crippen molar-refractivity contribution in [3.8, 4) is 0 Å². The van der Waals surface area contributed by atoms with Gasteiger partial charge in [0.15, 0.2) is 0 Å². The van der Waals surface area contributed by atoms with E-state index in [0.29, 0.717) is 11.6 Å². The van der Waals surface area contributed by atoms with E-state index in [4.69, 9.17) is 4.74 Å². The van der Waals surface area contributed by atoms with Gasteiger partial charge in [0.05, 0.1) is 6.61 Å². The average Bonchev–Trinajstić information content (AvgIpc) is 2.41. The van der Waals surface area contributed by atoms with Gasteiger partial charge in [-0.05, 0) is 41.0 Å². The Morgan fingerprint density at radius 3 is 2.44 bits per heavy atom. The van der Waals surface area contributed by atoms with Gasteiger partial charge < -0.3 is 10.1 Å². The molecule has 0 bridgehead atoms. The first-order valence-electron chi connectivity index (χ1n) is 6.27. The summed E-state index contributed by atoms with van der Waals surface area (Å²) >= 11 is 0. The van der Waals surface area contributed by atoms with Crippen LogP contribution >= 0.6 is 0 Å². The Balaban J connectivity index is 2.51. The molecule has 0 aromatic heterocycles. The van der Waals surface area contributed by atoms with Crippen molar-refractivity contribution in [2.45, 2.75) is 58.2 Å². The van der Waals surface area contributed by atoms with Crippen molar-refractivity contribution in [1.29, 1.82) is 0 Å². The highest BCUT2D eigenvalue weighted by molar-refractivity contribution is 5.00. The van der Waals surface area contributed by atoms with Gasteiger partial charge in [-0.15, -0.1) is 0 Å². The first-order valence-corrected chi connectivity index (χ1v) is 6.27. The van der Waals surface area contributed by atoms with Crippen molar-refractivity contribution < 1.29 is 4.74 Å². The molecule has 0 aromatic carbocycles. The molecule has 0 aliphatic carbocycles. The molecule has 1 saturated heterocycles. The van der Waals surface area contributed by atoms with E-state index in [1.165, 1.54) is 6.42 Å². The summed E-state index contributed by atoms with van der Waals surface area (Å²) in [6.07, 6.45) is 1.22. The highest BCUT2D eigenvalue weighted by Crippen LogP contribution is 2.34. The van der Waals surface area contributed by atoms with Crippen LogP contribution in [-0.2, 0) is 4.74 Å². The summed E-state index contributed by atoms with van der Waals surface area (Å²) < 4.78 is 5.07. The number of methoxy groups -OCH3 is 1. The van der Waals surface area contributed by atoms with Crippen LogP contribution in [0, 0.1) is 0 Å². The molecule has 1 aliphatic rings. The molecule has 1 fully saturated rings. The van der Waals surface area contributed by atoms with Crippen molar-refractivity contribution in [3.63, 3.8) is 0 Å². The minimum Gasteiger partial charge on any atom is -0.383 e. The molecule has 1 unspecified atom stereocenters. The minimum absolute atomic E-state index is 0.251. The van der Waals surface area contributed by atoms with Crippen LogP contribution in [0.1, 0.15) is 41.0 Å². The molecule has 1 N–H and O–H groups in total. The molecule has 0 amide bonds. The van der Waals surface area contributed by atoms with Gasteiger partial charge in [-0.3, -0.25) is 4.90 Å². The van der Waals surface area contributed by atoms with Gasteiger partial charge in [0.2, 0.25) is 0 Å². The molecule has 0 saturated carbocycles. The van der Waals surface area contributed by atoms with E-state index in [2.05, 4.69) is 44.8 Å². The first-order chi connectivity index (χ1) is 7.27. The Labute approximate surface area is 101 Å². The van der Waals surface area contributed by atoms with Crippen LogP contribution in [0.25, 0.3) is 0 Å². The summed E-state index contributed by atoms with van der Waals surface area (Å²) in [6.45, 7) is 14.5. The number of nitrogens with one attached hydrogen (secondary N) is 1. The van der Waals surface area contributed by atoms with Gasteiger partial charge >= 0.3 is 0 Å². The molecule has 1 rings (SSSR count). The van der Waals surface area contributed by atoms with E-state index in [-0.39, 0.29) is 5.54 Å². The SMILES string of the molecule is COCCNC1CN(C(C)(C)C)C(C)(C)C1. The van der Waals surface area contributed by atoms with E-state index in [1.807, 2.05) is 0 Å². The van der Waals surface area contributed by atoms with Crippen LogP contribution in [0.3, 0.4) is 0 Å². The fourth-order valence-corrected chi connectivity index (χ4v) is 2.93. The zero-order valence-corrected chi connectivity index (χ0v) is 11.8. The lowest BCUT2D eigenvalue weighted by Gasteiger charge is -2.42. The molecule has 96 valence electrons. The van der Waals surface area contributed by atoms with Crippen molar-refractivity contribution in [1.82, 2.24) is 10.2 Å². The van der Waals surface area contributed by atoms with Crippen molar-refractivity contribution in [2.75, 3.05) is 26.8 Å². The van der Waals surface area contributed by atoms with Gasteiger partial charge in [0.1, 0.15) is 0 Å². The second-order valence-corrected chi connectivity index (χ2v) is 6.44. The van der Waals surface area contributed by atoms with Crippen molar-refractivity contribution >= 4 is 0 Å². The van der Waals surface area contributed by atoms with Gasteiger partial charge in [0, 0.05) is 37.3 Å². The van der Waals surface area contributed by atoms with Gasteiger partial charge in [-0.1, -0.05) is 0 Å². The average molecular weight is 228 g/mol. The quantitative estimate of drug-likeness (QED) is 0.744. The Morgan fingerprint density at radius 2 is 2.00 bits per heavy atom. The van der Waals surface area contributed by atoms with Crippen LogP contribution in [0.2, 0.25) is 0 Å². The van der Waals surface area contributed by atoms with Crippen LogP contribution in [0.4, 0.5) is 0 Å². The van der Waals surface area contributed by atoms with Crippen LogP contribution in [0.15, 0.2) is 0 Å². The maximum atomic E-state index is 5.07. The zero-order valence-electron chi connectivity index (χ0n) is 11.8. The monoisotopic (exact) mass is 228 g/mol. The Morgan fingerprint density at radius 1 is 1.38 bits per heavy atom. The smallest absolute Gasteiger partial charge is 0.0587 e. The molecule has 1 heterocycles. The summed E-state index contributed by atoms with van der Waals surface area (Å²) in [5, 5.41) is 3.57. The molecular formula is C13H28N2O. The third-order valence-corrected chi connectivity index (χ3v) is 3.43. The predicted octanol–water partition coefficient (Wildman–Crippen LogP) is 1.87. The molecule has 0 radical (unpaired) electrons. The van der Waals surface area contributed by atoms with Crippen LogP contribution in [-0.4, -0.2) is 48.8 Å². The van der Waals surface area contributed by atoms with E-state index in [0.717, 1.165) is 19.7 Å². The van der Waals surface area contributed by atoms with Crippen molar-refractivity contribution in [3.05, 3.63) is 0 Å². The number of hydrogen-bond donors (Lipinski definition) is 1. The summed E-state index contributed by atoms with van der Waals surface area (Å²) in [5.74, 6) is 0. The van der Waals surface area contributed by atoms with E-state index >= 15 is 0 Å². The molecule has 1 atom stereocenters. The minimum atomic E-state index is 0.251. The van der Waals surface area contributed by atoms with Crippen LogP contribution < -0.4 is 5.32 Å². The van der Waals surface area contributed by atoms with Gasteiger partial charge in [-0.25, -0.2) is 0 Å². The third kappa shape index (κ3) is 3.44. The molecule has 3 nitrogen and oxygen atoms in total. The number of likely N-dealkylation sites (tertiary alicyclic amines) is 1. The van der Waals surface area contributed by atoms with E-state index in [9.17, 15) is 0 Å². The standard InChI is InChI=1S/C13H28N2O/c1-12(2,3)15-10-11(9-13(15,4)5)14-7-8-16-6/h11,14H,7-10H2,1-6H3. The maximum Gasteiger partial charge on any atom is 0.0587 e. The topological polar surface area (TPSA) is 24.5 Å². The fourth-order valence-electron chi connectivity index (χ4n) is 2.93. The van der Waals surface area contributed by atoms with Gasteiger partial charge in [-0.2, -0.15) is 0 Å². The summed E-state index contributed by atoms with van der Waals surface area (Å²) in [7, 11) is 1.75. The first kappa shape index (κ1) is 13.9.